The minimum atomic E-state index is -5.07. The highest BCUT2D eigenvalue weighted by atomic mass is 32.2. The average molecular weight is 479 g/mol. The van der Waals surface area contributed by atoms with E-state index in [0.29, 0.717) is 25.2 Å². The van der Waals surface area contributed by atoms with Gasteiger partial charge in [-0.05, 0) is 35.9 Å². The van der Waals surface area contributed by atoms with Crippen molar-refractivity contribution in [2.24, 2.45) is 0 Å². The van der Waals surface area contributed by atoms with Gasteiger partial charge < -0.3 is 9.64 Å². The summed E-state index contributed by atoms with van der Waals surface area (Å²) in [6, 6.07) is 6.71. The van der Waals surface area contributed by atoms with Gasteiger partial charge in [-0.1, -0.05) is 6.07 Å². The van der Waals surface area contributed by atoms with Gasteiger partial charge in [0, 0.05) is 38.3 Å². The Balaban J connectivity index is 1.66. The predicted molar refractivity (Wildman–Crippen MR) is 105 cm³/mol. The molecule has 3 rings (SSSR count). The molecule has 1 fully saturated rings. The van der Waals surface area contributed by atoms with Crippen LogP contribution in [0.4, 0.5) is 27.6 Å². The summed E-state index contributed by atoms with van der Waals surface area (Å²) in [6.07, 6.45) is -5.07. The van der Waals surface area contributed by atoms with E-state index in [1.807, 2.05) is 9.62 Å². The molecule has 1 atom stereocenters. The summed E-state index contributed by atoms with van der Waals surface area (Å²) in [4.78, 5) is 16.1. The summed E-state index contributed by atoms with van der Waals surface area (Å²) >= 11 is -2.64. The summed E-state index contributed by atoms with van der Waals surface area (Å²) < 4.78 is 90.0. The molecular weight excluding hydrogens is 461 g/mol. The normalized spacial score (nSPS) is 16.0. The molecule has 7 nitrogen and oxygen atoms in total. The fraction of sp³-hybridized carbons (Fsp3) is 0.316. The first-order valence-electron chi connectivity index (χ1n) is 9.25. The second-order valence-corrected chi connectivity index (χ2v) is 7.63. The summed E-state index contributed by atoms with van der Waals surface area (Å²) in [7, 11) is 0. The molecule has 1 saturated heterocycles. The summed E-state index contributed by atoms with van der Waals surface area (Å²) in [6.45, 7) is 1.71. The smallest absolute Gasteiger partial charge is 0.404 e. The van der Waals surface area contributed by atoms with Gasteiger partial charge in [-0.2, -0.15) is 0 Å². The van der Waals surface area contributed by atoms with Crippen LogP contribution in [0.25, 0.3) is 0 Å². The number of alkyl halides is 3. The lowest BCUT2D eigenvalue weighted by atomic mass is 10.1. The molecule has 0 spiro atoms. The monoisotopic (exact) mass is 479 g/mol. The number of carbonyl (C=O) groups is 1. The van der Waals surface area contributed by atoms with E-state index in [1.54, 1.807) is 0 Å². The molecule has 1 heterocycles. The van der Waals surface area contributed by atoms with Gasteiger partial charge in [0.05, 0.1) is 5.69 Å². The van der Waals surface area contributed by atoms with E-state index < -0.39 is 46.6 Å². The van der Waals surface area contributed by atoms with Crippen LogP contribution >= 0.6 is 0 Å². The fourth-order valence-electron chi connectivity index (χ4n) is 3.23. The maximum atomic E-state index is 13.4. The maximum absolute atomic E-state index is 13.4. The van der Waals surface area contributed by atoms with Gasteiger partial charge in [0.15, 0.2) is 17.4 Å². The second-order valence-electron chi connectivity index (χ2n) is 6.93. The first kappa shape index (κ1) is 23.9. The SMILES string of the molecule is O=C(c1ccc(NS(=O)O)c(OC(F)(F)F)c1)N1CCN(Cc2ccc(F)c(F)c2)CC1. The van der Waals surface area contributed by atoms with Gasteiger partial charge >= 0.3 is 6.36 Å². The Morgan fingerprint density at radius 1 is 1.06 bits per heavy atom. The van der Waals surface area contributed by atoms with E-state index in [4.69, 9.17) is 4.55 Å². The first-order chi connectivity index (χ1) is 15.0. The number of piperazine rings is 1. The lowest BCUT2D eigenvalue weighted by Gasteiger charge is -2.35. The minimum absolute atomic E-state index is 0.0902. The predicted octanol–water partition coefficient (Wildman–Crippen LogP) is 3.37. The van der Waals surface area contributed by atoms with Crippen molar-refractivity contribution < 1.29 is 40.2 Å². The molecule has 0 aromatic heterocycles. The molecule has 174 valence electrons. The fourth-order valence-corrected chi connectivity index (χ4v) is 3.59. The molecule has 1 aliphatic heterocycles. The first-order valence-corrected chi connectivity index (χ1v) is 10.4. The number of benzene rings is 2. The third-order valence-corrected chi connectivity index (χ3v) is 5.10. The van der Waals surface area contributed by atoms with Crippen LogP contribution in [0, 0.1) is 11.6 Å². The summed E-state index contributed by atoms with van der Waals surface area (Å²) in [5, 5.41) is 0. The number of nitrogens with one attached hydrogen (secondary N) is 1. The van der Waals surface area contributed by atoms with Crippen molar-refractivity contribution in [2.75, 3.05) is 30.9 Å². The summed E-state index contributed by atoms with van der Waals surface area (Å²) in [5.41, 5.74) is 0.0746. The molecule has 0 radical (unpaired) electrons. The van der Waals surface area contributed by atoms with Crippen LogP contribution in [0.5, 0.6) is 5.75 Å². The van der Waals surface area contributed by atoms with Crippen LogP contribution in [-0.2, 0) is 17.8 Å². The molecule has 2 aromatic carbocycles. The lowest BCUT2D eigenvalue weighted by molar-refractivity contribution is -0.274. The van der Waals surface area contributed by atoms with E-state index in [9.17, 15) is 31.0 Å². The van der Waals surface area contributed by atoms with Crippen LogP contribution in [-0.4, -0.2) is 57.0 Å². The molecule has 1 unspecified atom stereocenters. The van der Waals surface area contributed by atoms with Gasteiger partial charge in [-0.25, -0.2) is 13.0 Å². The lowest BCUT2D eigenvalue weighted by Crippen LogP contribution is -2.48. The van der Waals surface area contributed by atoms with Crippen molar-refractivity contribution in [1.82, 2.24) is 9.80 Å². The standard InChI is InChI=1S/C19H18F5N3O4S/c20-14-3-1-12(9-15(14)21)11-26-5-7-27(8-6-26)18(28)13-2-4-16(25-32(29)30)17(10-13)31-19(22,23)24/h1-4,9-10,25H,5-8,11H2,(H,29,30). The molecular formula is C19H18F5N3O4S. The molecule has 13 heteroatoms. The number of hydrogen-bond acceptors (Lipinski definition) is 4. The molecule has 1 amide bonds. The van der Waals surface area contributed by atoms with Gasteiger partial charge in [-0.15, -0.1) is 13.2 Å². The maximum Gasteiger partial charge on any atom is 0.573 e. The van der Waals surface area contributed by atoms with Crippen LogP contribution in [0.3, 0.4) is 0 Å². The number of ether oxygens (including phenoxy) is 1. The topological polar surface area (TPSA) is 82.1 Å². The van der Waals surface area contributed by atoms with E-state index in [0.717, 1.165) is 24.3 Å². The van der Waals surface area contributed by atoms with Crippen LogP contribution in [0.15, 0.2) is 36.4 Å². The van der Waals surface area contributed by atoms with Crippen molar-refractivity contribution >= 4 is 22.9 Å². The molecule has 1 aliphatic rings. The number of nitrogens with zero attached hydrogens (tertiary/aromatic N) is 2. The van der Waals surface area contributed by atoms with Gasteiger partial charge in [0.1, 0.15) is 0 Å². The Bertz CT molecular complexity index is 1010. The number of rotatable bonds is 6. The van der Waals surface area contributed by atoms with Gasteiger partial charge in [0.2, 0.25) is 0 Å². The zero-order chi connectivity index (χ0) is 23.5. The number of anilines is 1. The van der Waals surface area contributed by atoms with Crippen molar-refractivity contribution in [3.63, 3.8) is 0 Å². The Labute approximate surface area is 182 Å². The zero-order valence-corrected chi connectivity index (χ0v) is 17.2. The van der Waals surface area contributed by atoms with E-state index in [-0.39, 0.29) is 18.7 Å². The molecule has 0 aliphatic carbocycles. The van der Waals surface area contributed by atoms with E-state index in [1.165, 1.54) is 17.0 Å². The number of amides is 1. The van der Waals surface area contributed by atoms with E-state index >= 15 is 0 Å². The number of halogens is 5. The third-order valence-electron chi connectivity index (χ3n) is 4.70. The van der Waals surface area contributed by atoms with Gasteiger partial charge in [0.25, 0.3) is 17.2 Å². The third kappa shape index (κ3) is 6.37. The summed E-state index contributed by atoms with van der Waals surface area (Å²) in [5.74, 6) is -3.25. The highest BCUT2D eigenvalue weighted by molar-refractivity contribution is 7.80. The van der Waals surface area contributed by atoms with Crippen LogP contribution < -0.4 is 9.46 Å². The Hall–Kier alpha value is -2.77. The molecule has 0 saturated carbocycles. The van der Waals surface area contributed by atoms with Crippen LogP contribution in [0.2, 0.25) is 0 Å². The Kier molecular flexibility index (Phi) is 7.31. The Morgan fingerprint density at radius 3 is 2.34 bits per heavy atom. The van der Waals surface area contributed by atoms with Crippen molar-refractivity contribution in [3.05, 3.63) is 59.2 Å². The molecule has 2 aromatic rings. The highest BCUT2D eigenvalue weighted by Crippen LogP contribution is 2.32. The molecule has 0 bridgehead atoms. The quantitative estimate of drug-likeness (QED) is 0.491. The average Bonchev–Trinajstić information content (AvgIpc) is 2.71. The largest absolute Gasteiger partial charge is 0.573 e. The van der Waals surface area contributed by atoms with E-state index in [2.05, 4.69) is 4.74 Å². The van der Waals surface area contributed by atoms with Gasteiger partial charge in [-0.3, -0.25) is 19.0 Å². The molecule has 32 heavy (non-hydrogen) atoms. The number of carbonyl (C=O) groups excluding carboxylic acids is 1. The zero-order valence-electron chi connectivity index (χ0n) is 16.4. The van der Waals surface area contributed by atoms with Crippen molar-refractivity contribution in [2.45, 2.75) is 12.9 Å². The van der Waals surface area contributed by atoms with Crippen molar-refractivity contribution in [1.29, 1.82) is 0 Å². The minimum Gasteiger partial charge on any atom is -0.404 e. The highest BCUT2D eigenvalue weighted by Gasteiger charge is 2.33. The second kappa shape index (κ2) is 9.79. The van der Waals surface area contributed by atoms with Crippen molar-refractivity contribution in [3.8, 4) is 5.75 Å². The molecule has 2 N–H and O–H groups in total. The van der Waals surface area contributed by atoms with Crippen LogP contribution in [0.1, 0.15) is 15.9 Å². The number of hydrogen-bond donors (Lipinski definition) is 2. The Morgan fingerprint density at radius 2 is 1.75 bits per heavy atom.